The molecule has 1 aliphatic rings. The molecule has 1 N–H and O–H groups in total. The molecule has 1 saturated heterocycles. The van der Waals surface area contributed by atoms with Gasteiger partial charge in [-0.05, 0) is 43.5 Å². The normalized spacial score (nSPS) is 20.5. The van der Waals surface area contributed by atoms with E-state index in [4.69, 9.17) is 4.74 Å². The number of hydrogen-bond donors (Lipinski definition) is 1. The van der Waals surface area contributed by atoms with Crippen LogP contribution < -0.4 is 4.74 Å². The highest BCUT2D eigenvalue weighted by Gasteiger charge is 2.33. The number of benzene rings is 2. The minimum atomic E-state index is -1.08. The molecule has 1 heterocycles. The fourth-order valence-corrected chi connectivity index (χ4v) is 3.12. The van der Waals surface area contributed by atoms with Crippen LogP contribution in [-0.4, -0.2) is 41.2 Å². The van der Waals surface area contributed by atoms with Gasteiger partial charge in [-0.25, -0.2) is 8.78 Å². The van der Waals surface area contributed by atoms with E-state index in [1.165, 1.54) is 11.0 Å². The lowest BCUT2D eigenvalue weighted by Crippen LogP contribution is -2.38. The third-order valence-electron chi connectivity index (χ3n) is 4.63. The molecule has 0 bridgehead atoms. The van der Waals surface area contributed by atoms with E-state index in [0.29, 0.717) is 25.1 Å². The lowest BCUT2D eigenvalue weighted by molar-refractivity contribution is -0.0163. The Morgan fingerprint density at radius 2 is 1.73 bits per heavy atom. The maximum Gasteiger partial charge on any atom is 0.259 e. The van der Waals surface area contributed by atoms with Crippen LogP contribution in [0.1, 0.15) is 29.6 Å². The fraction of sp³-hybridized carbons (Fsp3) is 0.350. The summed E-state index contributed by atoms with van der Waals surface area (Å²) >= 11 is 0. The Bertz CT molecular complexity index is 749. The number of ether oxygens (including phenoxy) is 1. The Morgan fingerprint density at radius 1 is 1.04 bits per heavy atom. The minimum absolute atomic E-state index is 0.104. The van der Waals surface area contributed by atoms with Gasteiger partial charge in [0.05, 0.1) is 0 Å². The van der Waals surface area contributed by atoms with Crippen LogP contribution in [0, 0.1) is 11.6 Å². The zero-order chi connectivity index (χ0) is 18.6. The third-order valence-corrected chi connectivity index (χ3v) is 4.63. The van der Waals surface area contributed by atoms with Gasteiger partial charge >= 0.3 is 0 Å². The summed E-state index contributed by atoms with van der Waals surface area (Å²) in [6, 6.07) is 12.5. The summed E-state index contributed by atoms with van der Waals surface area (Å²) < 4.78 is 33.4. The van der Waals surface area contributed by atoms with Crippen LogP contribution >= 0.6 is 0 Å². The lowest BCUT2D eigenvalue weighted by Gasteiger charge is -2.27. The van der Waals surface area contributed by atoms with Crippen LogP contribution in [-0.2, 0) is 0 Å². The van der Waals surface area contributed by atoms with Crippen molar-refractivity contribution in [2.24, 2.45) is 0 Å². The molecule has 26 heavy (non-hydrogen) atoms. The number of halogens is 2. The van der Waals surface area contributed by atoms with Crippen molar-refractivity contribution >= 4 is 5.91 Å². The summed E-state index contributed by atoms with van der Waals surface area (Å²) in [7, 11) is 0. The molecule has 138 valence electrons. The Balaban J connectivity index is 1.65. The van der Waals surface area contributed by atoms with E-state index in [1.54, 1.807) is 12.1 Å². The highest BCUT2D eigenvalue weighted by atomic mass is 19.1. The van der Waals surface area contributed by atoms with Crippen molar-refractivity contribution in [1.29, 1.82) is 0 Å². The molecule has 6 heteroatoms. The van der Waals surface area contributed by atoms with Crippen molar-refractivity contribution in [3.63, 3.8) is 0 Å². The number of amides is 1. The molecule has 0 aromatic heterocycles. The molecule has 0 saturated carbocycles. The van der Waals surface area contributed by atoms with Gasteiger partial charge in [0.2, 0.25) is 0 Å². The van der Waals surface area contributed by atoms with E-state index in [1.807, 2.05) is 18.2 Å². The molecule has 3 rings (SSSR count). The van der Waals surface area contributed by atoms with Crippen LogP contribution in [0.4, 0.5) is 8.78 Å². The summed E-state index contributed by atoms with van der Waals surface area (Å²) in [6.45, 7) is 0.647. The summed E-state index contributed by atoms with van der Waals surface area (Å²) in [5.41, 5.74) is -1.63. The summed E-state index contributed by atoms with van der Waals surface area (Å²) in [5, 5.41) is 10.8. The van der Waals surface area contributed by atoms with Gasteiger partial charge in [-0.15, -0.1) is 0 Å². The number of nitrogens with zero attached hydrogens (tertiary/aromatic N) is 1. The van der Waals surface area contributed by atoms with Crippen molar-refractivity contribution in [3.05, 3.63) is 65.7 Å². The van der Waals surface area contributed by atoms with Crippen molar-refractivity contribution in [2.75, 3.05) is 19.7 Å². The summed E-state index contributed by atoms with van der Waals surface area (Å²) in [4.78, 5) is 13.9. The van der Waals surface area contributed by atoms with Gasteiger partial charge in [-0.1, -0.05) is 24.3 Å². The Kier molecular flexibility index (Phi) is 5.52. The predicted molar refractivity (Wildman–Crippen MR) is 93.0 cm³/mol. The largest absolute Gasteiger partial charge is 0.491 e. The van der Waals surface area contributed by atoms with Crippen LogP contribution in [0.25, 0.3) is 0 Å². The van der Waals surface area contributed by atoms with Crippen molar-refractivity contribution < 1.29 is 23.4 Å². The van der Waals surface area contributed by atoms with E-state index in [9.17, 15) is 18.7 Å². The van der Waals surface area contributed by atoms with Gasteiger partial charge in [0.25, 0.3) is 5.91 Å². The van der Waals surface area contributed by atoms with Gasteiger partial charge in [0.1, 0.15) is 35.2 Å². The van der Waals surface area contributed by atoms with E-state index in [0.717, 1.165) is 12.1 Å². The summed E-state index contributed by atoms with van der Waals surface area (Å²) in [6.07, 6.45) is 1.25. The number of aliphatic hydroxyl groups is 1. The second kappa shape index (κ2) is 7.83. The van der Waals surface area contributed by atoms with Crippen LogP contribution in [0.15, 0.2) is 48.5 Å². The van der Waals surface area contributed by atoms with E-state index >= 15 is 0 Å². The molecule has 0 aliphatic carbocycles. The van der Waals surface area contributed by atoms with E-state index in [-0.39, 0.29) is 19.6 Å². The first-order valence-electron chi connectivity index (χ1n) is 8.62. The van der Waals surface area contributed by atoms with Gasteiger partial charge in [-0.2, -0.15) is 0 Å². The molecule has 0 spiro atoms. The Labute approximate surface area is 151 Å². The standard InChI is InChI=1S/C20H21F2NO3/c21-16-8-4-9-17(22)18(16)19(24)23-12-5-10-20(25,11-13-23)14-26-15-6-2-1-3-7-15/h1-4,6-9,25H,5,10-14H2. The number of hydrogen-bond acceptors (Lipinski definition) is 3. The first kappa shape index (κ1) is 18.3. The molecule has 1 unspecified atom stereocenters. The molecule has 2 aromatic carbocycles. The molecule has 1 aliphatic heterocycles. The molecule has 2 aromatic rings. The zero-order valence-corrected chi connectivity index (χ0v) is 14.3. The Hall–Kier alpha value is -2.47. The molecule has 0 radical (unpaired) electrons. The third kappa shape index (κ3) is 4.19. The number of carbonyl (C=O) groups is 1. The van der Waals surface area contributed by atoms with Crippen molar-refractivity contribution in [3.8, 4) is 5.75 Å². The lowest BCUT2D eigenvalue weighted by atomic mass is 9.96. The minimum Gasteiger partial charge on any atom is -0.491 e. The average Bonchev–Trinajstić information content (AvgIpc) is 2.83. The monoisotopic (exact) mass is 361 g/mol. The maximum atomic E-state index is 13.9. The molecule has 1 fully saturated rings. The predicted octanol–water partition coefficient (Wildman–Crippen LogP) is 3.40. The van der Waals surface area contributed by atoms with Gasteiger partial charge in [0.15, 0.2) is 0 Å². The van der Waals surface area contributed by atoms with Crippen LogP contribution in [0.2, 0.25) is 0 Å². The van der Waals surface area contributed by atoms with Crippen molar-refractivity contribution in [1.82, 2.24) is 4.90 Å². The van der Waals surface area contributed by atoms with Gasteiger partial charge in [-0.3, -0.25) is 4.79 Å². The molecule has 4 nitrogen and oxygen atoms in total. The van der Waals surface area contributed by atoms with E-state index in [2.05, 4.69) is 0 Å². The number of rotatable bonds is 4. The highest BCUT2D eigenvalue weighted by Crippen LogP contribution is 2.25. The average molecular weight is 361 g/mol. The number of para-hydroxylation sites is 1. The van der Waals surface area contributed by atoms with Crippen LogP contribution in [0.3, 0.4) is 0 Å². The number of carbonyl (C=O) groups excluding carboxylic acids is 1. The molecular formula is C20H21F2NO3. The fourth-order valence-electron chi connectivity index (χ4n) is 3.12. The summed E-state index contributed by atoms with van der Waals surface area (Å²) in [5.74, 6) is -1.77. The zero-order valence-electron chi connectivity index (χ0n) is 14.3. The second-order valence-corrected chi connectivity index (χ2v) is 6.57. The van der Waals surface area contributed by atoms with Gasteiger partial charge in [0, 0.05) is 13.1 Å². The van der Waals surface area contributed by atoms with Gasteiger partial charge < -0.3 is 14.7 Å². The highest BCUT2D eigenvalue weighted by molar-refractivity contribution is 5.94. The SMILES string of the molecule is O=C(c1c(F)cccc1F)N1CCCC(O)(COc2ccccc2)CC1. The Morgan fingerprint density at radius 3 is 2.42 bits per heavy atom. The van der Waals surface area contributed by atoms with Crippen LogP contribution in [0.5, 0.6) is 5.75 Å². The van der Waals surface area contributed by atoms with E-state index < -0.39 is 28.7 Å². The molecular weight excluding hydrogens is 340 g/mol. The first-order valence-corrected chi connectivity index (χ1v) is 8.62. The molecule has 1 atom stereocenters. The number of likely N-dealkylation sites (tertiary alicyclic amines) is 1. The quantitative estimate of drug-likeness (QED) is 0.908. The van der Waals surface area contributed by atoms with Crippen molar-refractivity contribution in [2.45, 2.75) is 24.9 Å². The first-order chi connectivity index (χ1) is 12.5. The molecule has 1 amide bonds. The smallest absolute Gasteiger partial charge is 0.259 e. The maximum absolute atomic E-state index is 13.9. The second-order valence-electron chi connectivity index (χ2n) is 6.57. The topological polar surface area (TPSA) is 49.8 Å².